The number of nitrogens with one attached hydrogen (secondary N) is 5. The molecule has 7 amide bonds. The van der Waals surface area contributed by atoms with Crippen molar-refractivity contribution in [2.75, 3.05) is 46.5 Å². The Kier molecular flexibility index (Phi) is 24.7. The van der Waals surface area contributed by atoms with Gasteiger partial charge in [0.2, 0.25) is 35.4 Å². The van der Waals surface area contributed by atoms with E-state index in [1.165, 1.54) is 42.5 Å². The summed E-state index contributed by atoms with van der Waals surface area (Å²) in [5.41, 5.74) is 9.28. The molecule has 496 valence electrons. The first-order chi connectivity index (χ1) is 44.1. The zero-order valence-corrected chi connectivity index (χ0v) is 51.7. The van der Waals surface area contributed by atoms with Gasteiger partial charge in [-0.25, -0.2) is 5.26 Å². The lowest BCUT2D eigenvalue weighted by Crippen LogP contribution is -2.64. The van der Waals surface area contributed by atoms with Gasteiger partial charge < -0.3 is 91.5 Å². The van der Waals surface area contributed by atoms with E-state index in [-0.39, 0.29) is 48.7 Å². The predicted octanol–water partition coefficient (Wildman–Crippen LogP) is -0.679. The van der Waals surface area contributed by atoms with E-state index < -0.39 is 158 Å². The molecule has 15 N–H and O–H groups in total. The summed E-state index contributed by atoms with van der Waals surface area (Å²) in [5.74, 6) is -8.61. The molecular weight excluding hydrogens is 1240 g/mol. The minimum Gasteiger partial charge on any atom is -0.504 e. The smallest absolute Gasteiger partial charge is 0.261 e. The summed E-state index contributed by atoms with van der Waals surface area (Å²) in [6.45, 7) is 1.98. The lowest BCUT2D eigenvalue weighted by atomic mass is 9.98. The van der Waals surface area contributed by atoms with E-state index in [1.54, 1.807) is 19.2 Å². The third kappa shape index (κ3) is 17.6. The Morgan fingerprint density at radius 3 is 2.01 bits per heavy atom. The van der Waals surface area contributed by atoms with Gasteiger partial charge in [0.1, 0.15) is 52.0 Å². The van der Waals surface area contributed by atoms with Crippen LogP contribution >= 0.6 is 23.7 Å². The topological polar surface area (TPSA) is 446 Å². The predicted molar refractivity (Wildman–Crippen MR) is 328 cm³/mol. The number of hydrogen-bond acceptors (Lipinski definition) is 25. The van der Waals surface area contributed by atoms with Gasteiger partial charge in [-0.1, -0.05) is 82.2 Å². The van der Waals surface area contributed by atoms with E-state index >= 15 is 0 Å². The first-order valence-electron chi connectivity index (χ1n) is 29.4. The highest BCUT2D eigenvalue weighted by Crippen LogP contribution is 2.34. The normalized spacial score (nSPS) is 24.6. The minimum absolute atomic E-state index is 0.0157. The van der Waals surface area contributed by atoms with Crippen molar-refractivity contribution in [1.29, 1.82) is 0 Å². The van der Waals surface area contributed by atoms with Gasteiger partial charge in [-0.2, -0.15) is 0 Å². The lowest BCUT2D eigenvalue weighted by Gasteiger charge is -2.34. The van der Waals surface area contributed by atoms with Crippen molar-refractivity contribution in [2.45, 2.75) is 119 Å². The molecule has 3 saturated heterocycles. The summed E-state index contributed by atoms with van der Waals surface area (Å²) >= 11 is 1.38. The number of hydrogen-bond donors (Lipinski definition) is 14. The fraction of sp³-hybridized carbons (Fsp3) is 0.450. The number of benzene rings is 4. The Balaban J connectivity index is 1.05. The van der Waals surface area contributed by atoms with E-state index in [0.717, 1.165) is 51.7 Å². The Hall–Kier alpha value is -7.96. The molecule has 32 heteroatoms. The number of carbonyl (C=O) groups excluding carboxylic acids is 7. The van der Waals surface area contributed by atoms with E-state index in [1.807, 2.05) is 48.5 Å². The Morgan fingerprint density at radius 1 is 0.750 bits per heavy atom. The summed E-state index contributed by atoms with van der Waals surface area (Å²) in [7, 11) is 1.64. The van der Waals surface area contributed by atoms with Crippen LogP contribution < -0.4 is 41.2 Å². The van der Waals surface area contributed by atoms with E-state index in [0.29, 0.717) is 28.8 Å². The van der Waals surface area contributed by atoms with Gasteiger partial charge in [0.25, 0.3) is 18.2 Å². The maximum absolute atomic E-state index is 14.7. The zero-order valence-electron chi connectivity index (χ0n) is 50.1. The summed E-state index contributed by atoms with van der Waals surface area (Å²) in [6.07, 6.45) is -11.5. The van der Waals surface area contributed by atoms with Gasteiger partial charge in [0.05, 0.1) is 43.2 Å². The lowest BCUT2D eigenvalue weighted by molar-refractivity contribution is -0.433. The van der Waals surface area contributed by atoms with Gasteiger partial charge in [-0.15, -0.1) is 10.2 Å². The molecule has 5 aromatic rings. The molecule has 4 heterocycles. The Labute approximate surface area is 535 Å². The molecule has 0 unspecified atom stereocenters. The number of amides is 7. The standard InChI is InChI=1S/C60H74N10O20S2/c1-30-28-70-50(51(30)77)56(82)62-27-38(72)25-41(63-52(78)35-8-12-37(13-9-35)58-68-67-57(91-58)36-10-6-33(7-11-36)34-14-16-40(17-15-34)87-22-4-21-86-3)53(79)64-47(31(2)71)59(83)69-29-39(73)26-42(69)54(80)65-48(55(81)66-49(60(70)84)44(75)19-20-61)45(76)23-32-5-18-43(74)46(24-32)88-92-90-89-85/h5-18,24,30-31,38-39,41-42,44-45,47-51,71-77,85H,4,19-23,25-29,61H2,1-3H3,(H,62,82)(H,63,78)(H,64,79)(H,65,80)(H,66,81)/t30-,31+,38+,39+,41+,42+,44-,45-,47+,48+,49+,50+,51+/m1/s1. The molecule has 0 saturated carbocycles. The largest absolute Gasteiger partial charge is 0.504 e. The number of rotatable bonds is 21. The molecule has 30 nitrogen and oxygen atoms in total. The number of methoxy groups -OCH3 is 1. The van der Waals surface area contributed by atoms with Gasteiger partial charge >= 0.3 is 0 Å². The first-order valence-corrected chi connectivity index (χ1v) is 30.9. The van der Waals surface area contributed by atoms with E-state index in [2.05, 4.69) is 46.2 Å². The van der Waals surface area contributed by atoms with Crippen LogP contribution in [0.5, 0.6) is 17.2 Å². The molecule has 0 bridgehead atoms. The summed E-state index contributed by atoms with van der Waals surface area (Å²) in [5, 5.41) is 113. The van der Waals surface area contributed by atoms with E-state index in [4.69, 9.17) is 24.6 Å². The number of phenolic OH excluding ortho intramolecular Hbond substituents is 1. The van der Waals surface area contributed by atoms with Crippen molar-refractivity contribution in [2.24, 2.45) is 11.7 Å². The van der Waals surface area contributed by atoms with Crippen LogP contribution in [0.2, 0.25) is 0 Å². The minimum atomic E-state index is -2.11. The molecular formula is C60H74N10O20S2. The number of phenols is 1. The highest BCUT2D eigenvalue weighted by molar-refractivity contribution is 7.90. The molecule has 3 fully saturated rings. The first kappa shape index (κ1) is 69.9. The number of ether oxygens (including phenoxy) is 2. The van der Waals surface area contributed by atoms with E-state index in [9.17, 15) is 69.3 Å². The van der Waals surface area contributed by atoms with Crippen LogP contribution in [0, 0.1) is 5.92 Å². The van der Waals surface area contributed by atoms with Crippen LogP contribution in [-0.4, -0.2) is 222 Å². The number of β-amino-alcohol motifs (C(OH)–C–C–N with tert-alkyl or cyclic N) is 1. The van der Waals surface area contributed by atoms with Gasteiger partial charge in [0.15, 0.2) is 11.5 Å². The summed E-state index contributed by atoms with van der Waals surface area (Å²) in [6, 6.07) is 14.0. The molecule has 92 heavy (non-hydrogen) atoms. The molecule has 4 aromatic carbocycles. The van der Waals surface area contributed by atoms with Crippen LogP contribution in [0.1, 0.15) is 55.5 Å². The van der Waals surface area contributed by atoms with Crippen LogP contribution in [0.25, 0.3) is 32.3 Å². The second kappa shape index (κ2) is 32.5. The van der Waals surface area contributed by atoms with Crippen molar-refractivity contribution in [3.8, 4) is 49.5 Å². The van der Waals surface area contributed by atoms with Crippen LogP contribution in [0.15, 0.2) is 91.0 Å². The average Bonchev–Trinajstić information content (AvgIpc) is 1.70. The second-order valence-corrected chi connectivity index (χ2v) is 23.9. The molecule has 0 radical (unpaired) electrons. The summed E-state index contributed by atoms with van der Waals surface area (Å²) in [4.78, 5) is 103. The Bertz CT molecular complexity index is 3350. The fourth-order valence-electron chi connectivity index (χ4n) is 10.8. The van der Waals surface area contributed by atoms with Crippen LogP contribution in [-0.2, 0) is 49.3 Å². The number of carbonyl (C=O) groups is 7. The number of aromatic hydroxyl groups is 1. The number of fused-ring (bicyclic) bond motifs is 2. The molecule has 0 spiro atoms. The van der Waals surface area contributed by atoms with Crippen LogP contribution in [0.4, 0.5) is 0 Å². The van der Waals surface area contributed by atoms with Crippen molar-refractivity contribution in [3.05, 3.63) is 102 Å². The molecule has 3 aliphatic heterocycles. The maximum atomic E-state index is 14.7. The van der Waals surface area contributed by atoms with Crippen molar-refractivity contribution in [3.63, 3.8) is 0 Å². The fourth-order valence-corrected chi connectivity index (χ4v) is 11.9. The third-order valence-corrected chi connectivity index (χ3v) is 17.1. The highest BCUT2D eigenvalue weighted by atomic mass is 32.2. The number of aromatic nitrogens is 2. The number of aliphatic hydroxyl groups excluding tert-OH is 6. The van der Waals surface area contributed by atoms with Crippen molar-refractivity contribution >= 4 is 65.0 Å². The summed E-state index contributed by atoms with van der Waals surface area (Å²) < 4.78 is 20.2. The van der Waals surface area contributed by atoms with Gasteiger partial charge in [-0.3, -0.25) is 33.6 Å². The number of aliphatic hydroxyl groups is 6. The van der Waals surface area contributed by atoms with Gasteiger partial charge in [-0.05, 0) is 73.0 Å². The Morgan fingerprint density at radius 2 is 1.37 bits per heavy atom. The third-order valence-electron chi connectivity index (χ3n) is 15.8. The van der Waals surface area contributed by atoms with Gasteiger partial charge in [0, 0.05) is 81.6 Å². The molecule has 1 aromatic heterocycles. The number of nitrogens with zero attached hydrogens (tertiary/aromatic N) is 4. The average molecular weight is 1320 g/mol. The monoisotopic (exact) mass is 1320 g/mol. The molecule has 8 rings (SSSR count). The zero-order chi connectivity index (χ0) is 66.3. The molecule has 13 atom stereocenters. The van der Waals surface area contributed by atoms with Crippen molar-refractivity contribution < 1.29 is 97.6 Å². The number of nitrogens with two attached hydrogens (primary N) is 1. The molecule has 0 aliphatic carbocycles. The molecule has 3 aliphatic rings. The maximum Gasteiger partial charge on any atom is 0.261 e. The highest BCUT2D eigenvalue weighted by Gasteiger charge is 2.50. The quantitative estimate of drug-likeness (QED) is 0.0187. The van der Waals surface area contributed by atoms with Crippen LogP contribution in [0.3, 0.4) is 0 Å². The second-order valence-electron chi connectivity index (χ2n) is 22.5. The SMILES string of the molecule is COCCCOc1ccc(-c2ccc(-c3nnc(-c4ccc(C(=O)N[C@H]5C[C@H](O)CNC(=O)[C@@H]6[C@@H](O)[C@H](C)CN6C(=O)[C@H]([C@H](O)CCN)NC(=O)[C@H]([C@H](O)Cc6ccc(O)c(OSOOO)c6)NC(=O)[C@@H]6C[C@H](O)CN6C(=O)[C@H]([C@H](C)O)NC5=O)cc4)s3)cc2)cc1. The van der Waals surface area contributed by atoms with Crippen molar-refractivity contribution in [1.82, 2.24) is 46.6 Å².